The Morgan fingerprint density at radius 2 is 2.00 bits per heavy atom. The zero-order valence-corrected chi connectivity index (χ0v) is 15.5. The molecule has 0 bridgehead atoms. The number of likely N-dealkylation sites (tertiary alicyclic amines) is 1. The summed E-state index contributed by atoms with van der Waals surface area (Å²) >= 11 is 0. The Balaban J connectivity index is 1.42. The number of carbonyl (C=O) groups is 1. The van der Waals surface area contributed by atoms with Crippen molar-refractivity contribution in [2.24, 2.45) is 7.05 Å². The van der Waals surface area contributed by atoms with Crippen LogP contribution in [0.3, 0.4) is 0 Å². The van der Waals surface area contributed by atoms with E-state index in [1.165, 1.54) is 7.11 Å². The zero-order valence-electron chi connectivity index (χ0n) is 15.5. The van der Waals surface area contributed by atoms with Gasteiger partial charge in [-0.3, -0.25) is 4.79 Å². The van der Waals surface area contributed by atoms with E-state index in [-0.39, 0.29) is 12.0 Å². The predicted molar refractivity (Wildman–Crippen MR) is 101 cm³/mol. The molecule has 1 amide bonds. The molecule has 1 fully saturated rings. The topological polar surface area (TPSA) is 69.5 Å². The van der Waals surface area contributed by atoms with Crippen molar-refractivity contribution in [1.29, 1.82) is 0 Å². The van der Waals surface area contributed by atoms with Gasteiger partial charge in [0.15, 0.2) is 0 Å². The summed E-state index contributed by atoms with van der Waals surface area (Å²) in [7, 11) is 3.54. The van der Waals surface area contributed by atoms with Gasteiger partial charge in [0.2, 0.25) is 5.91 Å². The highest BCUT2D eigenvalue weighted by Gasteiger charge is 2.29. The van der Waals surface area contributed by atoms with Crippen LogP contribution in [0.4, 0.5) is 0 Å². The number of rotatable bonds is 5. The van der Waals surface area contributed by atoms with Crippen LogP contribution in [0.2, 0.25) is 0 Å². The molecule has 2 aromatic heterocycles. The number of benzene rings is 1. The first-order valence-electron chi connectivity index (χ1n) is 8.98. The lowest BCUT2D eigenvalue weighted by molar-refractivity contribution is -0.129. The summed E-state index contributed by atoms with van der Waals surface area (Å²) < 4.78 is 13.1. The van der Waals surface area contributed by atoms with Crippen LogP contribution in [-0.2, 0) is 18.3 Å². The number of hydrogen-bond donors (Lipinski definition) is 0. The van der Waals surface area contributed by atoms with E-state index < -0.39 is 0 Å². The summed E-state index contributed by atoms with van der Waals surface area (Å²) in [5.74, 6) is 0.843. The number of carbonyl (C=O) groups excluding carboxylic acids is 1. The van der Waals surface area contributed by atoms with Crippen LogP contribution in [0, 0.1) is 0 Å². The maximum absolute atomic E-state index is 12.8. The molecular formula is C20H22N4O3. The van der Waals surface area contributed by atoms with Crippen molar-refractivity contribution < 1.29 is 14.3 Å². The van der Waals surface area contributed by atoms with Crippen molar-refractivity contribution in [3.8, 4) is 11.8 Å². The largest absolute Gasteiger partial charge is 0.477 e. The Labute approximate surface area is 157 Å². The van der Waals surface area contributed by atoms with Gasteiger partial charge in [-0.25, -0.2) is 9.97 Å². The van der Waals surface area contributed by atoms with E-state index in [9.17, 15) is 4.79 Å². The smallest absolute Gasteiger partial charge is 0.278 e. The Bertz CT molecular complexity index is 969. The summed E-state index contributed by atoms with van der Waals surface area (Å²) in [4.78, 5) is 22.9. The zero-order chi connectivity index (χ0) is 18.8. The molecule has 0 spiro atoms. The molecule has 1 unspecified atom stereocenters. The predicted octanol–water partition coefficient (Wildman–Crippen LogP) is 2.20. The highest BCUT2D eigenvalue weighted by molar-refractivity contribution is 5.89. The Morgan fingerprint density at radius 1 is 1.22 bits per heavy atom. The third-order valence-electron chi connectivity index (χ3n) is 4.92. The molecule has 4 rings (SSSR count). The number of aryl methyl sites for hydroxylation is 1. The van der Waals surface area contributed by atoms with Gasteiger partial charge in [0.25, 0.3) is 11.8 Å². The molecule has 1 saturated heterocycles. The molecule has 1 aliphatic rings. The second-order valence-electron chi connectivity index (χ2n) is 6.70. The molecule has 0 aliphatic carbocycles. The van der Waals surface area contributed by atoms with Crippen molar-refractivity contribution in [2.75, 3.05) is 20.2 Å². The van der Waals surface area contributed by atoms with Gasteiger partial charge in [0.1, 0.15) is 6.10 Å². The van der Waals surface area contributed by atoms with E-state index >= 15 is 0 Å². The molecule has 1 atom stereocenters. The van der Waals surface area contributed by atoms with Crippen molar-refractivity contribution in [3.05, 3.63) is 48.4 Å². The summed E-state index contributed by atoms with van der Waals surface area (Å²) in [5.41, 5.74) is 2.19. The lowest BCUT2D eigenvalue weighted by Gasteiger charge is -2.17. The molecule has 27 heavy (non-hydrogen) atoms. The third-order valence-corrected chi connectivity index (χ3v) is 4.92. The average Bonchev–Trinajstić information content (AvgIpc) is 3.28. The molecular weight excluding hydrogens is 344 g/mol. The standard InChI is InChI=1S/C20H22N4O3/c1-23-12-14(16-5-3-4-6-17(16)23)11-18(25)24-10-7-15(13-24)27-20-19(26-2)21-8-9-22-20/h3-6,8-9,12,15H,7,10-11,13H2,1-2H3. The second-order valence-corrected chi connectivity index (χ2v) is 6.70. The van der Waals surface area contributed by atoms with Gasteiger partial charge < -0.3 is 18.9 Å². The van der Waals surface area contributed by atoms with E-state index in [0.717, 1.165) is 22.9 Å². The molecule has 0 saturated carbocycles. The normalized spacial score (nSPS) is 16.7. The summed E-state index contributed by atoms with van der Waals surface area (Å²) in [6.07, 6.45) is 6.21. The van der Waals surface area contributed by atoms with E-state index in [1.807, 2.05) is 30.3 Å². The first kappa shape index (κ1) is 17.3. The molecule has 0 radical (unpaired) electrons. The van der Waals surface area contributed by atoms with Crippen molar-refractivity contribution in [2.45, 2.75) is 18.9 Å². The van der Waals surface area contributed by atoms with Gasteiger partial charge in [-0.1, -0.05) is 18.2 Å². The number of amides is 1. The van der Waals surface area contributed by atoms with Gasteiger partial charge in [0, 0.05) is 49.5 Å². The minimum Gasteiger partial charge on any atom is -0.477 e. The third kappa shape index (κ3) is 3.45. The van der Waals surface area contributed by atoms with Crippen LogP contribution in [0.25, 0.3) is 10.9 Å². The lowest BCUT2D eigenvalue weighted by Crippen LogP contribution is -2.32. The molecule has 140 valence electrons. The Morgan fingerprint density at radius 3 is 2.81 bits per heavy atom. The molecule has 1 aromatic carbocycles. The fourth-order valence-corrected chi connectivity index (χ4v) is 3.58. The first-order chi connectivity index (χ1) is 13.2. The molecule has 0 N–H and O–H groups in total. The van der Waals surface area contributed by atoms with E-state index in [0.29, 0.717) is 31.3 Å². The highest BCUT2D eigenvalue weighted by atomic mass is 16.5. The molecule has 7 heteroatoms. The average molecular weight is 366 g/mol. The summed E-state index contributed by atoms with van der Waals surface area (Å²) in [6, 6.07) is 8.15. The van der Waals surface area contributed by atoms with Crippen LogP contribution >= 0.6 is 0 Å². The second kappa shape index (κ2) is 7.26. The number of fused-ring (bicyclic) bond motifs is 1. The fraction of sp³-hybridized carbons (Fsp3) is 0.350. The number of methoxy groups -OCH3 is 1. The van der Waals surface area contributed by atoms with Crippen LogP contribution in [0.1, 0.15) is 12.0 Å². The summed E-state index contributed by atoms with van der Waals surface area (Å²) in [6.45, 7) is 1.22. The van der Waals surface area contributed by atoms with E-state index in [1.54, 1.807) is 12.4 Å². The minimum atomic E-state index is -0.105. The van der Waals surface area contributed by atoms with Crippen molar-refractivity contribution in [1.82, 2.24) is 19.4 Å². The monoisotopic (exact) mass is 366 g/mol. The van der Waals surface area contributed by atoms with Crippen LogP contribution in [-0.4, -0.2) is 51.6 Å². The van der Waals surface area contributed by atoms with E-state index in [2.05, 4.69) is 26.7 Å². The van der Waals surface area contributed by atoms with Gasteiger partial charge in [0.05, 0.1) is 20.1 Å². The highest BCUT2D eigenvalue weighted by Crippen LogP contribution is 2.25. The quantitative estimate of drug-likeness (QED) is 0.692. The number of aromatic nitrogens is 3. The van der Waals surface area contributed by atoms with Gasteiger partial charge in [-0.05, 0) is 11.6 Å². The molecule has 3 heterocycles. The van der Waals surface area contributed by atoms with Gasteiger partial charge >= 0.3 is 0 Å². The number of para-hydroxylation sites is 1. The first-order valence-corrected chi connectivity index (χ1v) is 8.98. The lowest BCUT2D eigenvalue weighted by atomic mass is 10.1. The minimum absolute atomic E-state index is 0.105. The fourth-order valence-electron chi connectivity index (χ4n) is 3.58. The maximum Gasteiger partial charge on any atom is 0.278 e. The Hall–Kier alpha value is -3.09. The van der Waals surface area contributed by atoms with Crippen molar-refractivity contribution >= 4 is 16.8 Å². The number of nitrogens with zero attached hydrogens (tertiary/aromatic N) is 4. The van der Waals surface area contributed by atoms with Crippen LogP contribution in [0.5, 0.6) is 11.8 Å². The van der Waals surface area contributed by atoms with Crippen LogP contribution < -0.4 is 9.47 Å². The molecule has 7 nitrogen and oxygen atoms in total. The molecule has 1 aliphatic heterocycles. The summed E-state index contributed by atoms with van der Waals surface area (Å²) in [5, 5.41) is 1.13. The van der Waals surface area contributed by atoms with Gasteiger partial charge in [-0.15, -0.1) is 0 Å². The van der Waals surface area contributed by atoms with Crippen LogP contribution in [0.15, 0.2) is 42.9 Å². The van der Waals surface area contributed by atoms with E-state index in [4.69, 9.17) is 9.47 Å². The number of ether oxygens (including phenoxy) is 2. The molecule has 3 aromatic rings. The maximum atomic E-state index is 12.8. The SMILES string of the molecule is COc1nccnc1OC1CCN(C(=O)Cc2cn(C)c3ccccc23)C1. The Kier molecular flexibility index (Phi) is 4.66. The van der Waals surface area contributed by atoms with Crippen molar-refractivity contribution in [3.63, 3.8) is 0 Å². The van der Waals surface area contributed by atoms with Gasteiger partial charge in [-0.2, -0.15) is 0 Å². The number of hydrogen-bond acceptors (Lipinski definition) is 5.